The molecule has 2 rings (SSSR count). The van der Waals surface area contributed by atoms with Crippen molar-refractivity contribution in [3.63, 3.8) is 0 Å². The lowest BCUT2D eigenvalue weighted by Gasteiger charge is -2.30. The molecule has 1 N–H and O–H groups in total. The highest BCUT2D eigenvalue weighted by atomic mass is 16.5. The van der Waals surface area contributed by atoms with E-state index in [2.05, 4.69) is 21.8 Å². The fourth-order valence-electron chi connectivity index (χ4n) is 2.52. The number of ether oxygens (including phenoxy) is 1. The number of anilines is 1. The van der Waals surface area contributed by atoms with Gasteiger partial charge in [-0.05, 0) is 18.8 Å². The van der Waals surface area contributed by atoms with Crippen LogP contribution < -0.4 is 5.32 Å². The molecule has 1 aromatic heterocycles. The van der Waals surface area contributed by atoms with Crippen LogP contribution in [0.15, 0.2) is 12.4 Å². The van der Waals surface area contributed by atoms with Crippen molar-refractivity contribution in [1.29, 1.82) is 0 Å². The molecule has 1 aliphatic carbocycles. The summed E-state index contributed by atoms with van der Waals surface area (Å²) in [5.41, 5.74) is 0. The first-order chi connectivity index (χ1) is 8.31. The molecule has 4 heteroatoms. The number of nitrogens with zero attached hydrogens (tertiary/aromatic N) is 2. The first kappa shape index (κ1) is 12.4. The quantitative estimate of drug-likeness (QED) is 0.855. The second kappa shape index (κ2) is 6.05. The van der Waals surface area contributed by atoms with E-state index in [0.29, 0.717) is 6.04 Å². The van der Waals surface area contributed by atoms with Gasteiger partial charge in [0.1, 0.15) is 0 Å². The second-order valence-electron chi connectivity index (χ2n) is 4.95. The lowest BCUT2D eigenvalue weighted by Crippen LogP contribution is -2.31. The predicted molar refractivity (Wildman–Crippen MR) is 69.1 cm³/mol. The Balaban J connectivity index is 1.95. The van der Waals surface area contributed by atoms with Gasteiger partial charge in [-0.2, -0.15) is 0 Å². The van der Waals surface area contributed by atoms with Crippen LogP contribution in [0, 0.1) is 5.92 Å². The van der Waals surface area contributed by atoms with Gasteiger partial charge in [0.05, 0.1) is 6.61 Å². The molecule has 1 heterocycles. The van der Waals surface area contributed by atoms with Crippen LogP contribution in [-0.2, 0) is 11.3 Å². The van der Waals surface area contributed by atoms with Crippen LogP contribution in [0.25, 0.3) is 0 Å². The maximum atomic E-state index is 5.10. The Morgan fingerprint density at radius 2 is 2.29 bits per heavy atom. The molecule has 0 spiro atoms. The SMILES string of the molecule is COCCn1ccnc1NC1CCCCC1C. The molecule has 1 fully saturated rings. The Hall–Kier alpha value is -1.03. The highest BCUT2D eigenvalue weighted by molar-refractivity contribution is 5.28. The lowest BCUT2D eigenvalue weighted by atomic mass is 9.86. The van der Waals surface area contributed by atoms with Crippen LogP contribution in [0.3, 0.4) is 0 Å². The van der Waals surface area contributed by atoms with E-state index in [9.17, 15) is 0 Å². The van der Waals surface area contributed by atoms with E-state index in [1.807, 2.05) is 12.4 Å². The zero-order valence-electron chi connectivity index (χ0n) is 10.9. The van der Waals surface area contributed by atoms with Gasteiger partial charge in [0, 0.05) is 32.1 Å². The molecular formula is C13H23N3O. The maximum Gasteiger partial charge on any atom is 0.203 e. The van der Waals surface area contributed by atoms with Crippen LogP contribution in [0.5, 0.6) is 0 Å². The highest BCUT2D eigenvalue weighted by Gasteiger charge is 2.22. The largest absolute Gasteiger partial charge is 0.383 e. The summed E-state index contributed by atoms with van der Waals surface area (Å²) in [4.78, 5) is 4.39. The molecule has 1 aromatic rings. The zero-order chi connectivity index (χ0) is 12.1. The number of rotatable bonds is 5. The van der Waals surface area contributed by atoms with Crippen LogP contribution >= 0.6 is 0 Å². The Kier molecular flexibility index (Phi) is 4.42. The third-order valence-electron chi connectivity index (χ3n) is 3.68. The van der Waals surface area contributed by atoms with Crippen LogP contribution in [-0.4, -0.2) is 29.3 Å². The molecule has 0 bridgehead atoms. The van der Waals surface area contributed by atoms with E-state index < -0.39 is 0 Å². The third-order valence-corrected chi connectivity index (χ3v) is 3.68. The predicted octanol–water partition coefficient (Wildman–Crippen LogP) is 2.52. The van der Waals surface area contributed by atoms with E-state index in [-0.39, 0.29) is 0 Å². The summed E-state index contributed by atoms with van der Waals surface area (Å²) < 4.78 is 7.23. The van der Waals surface area contributed by atoms with Crippen LogP contribution in [0.2, 0.25) is 0 Å². The normalized spacial score (nSPS) is 24.8. The Labute approximate surface area is 103 Å². The zero-order valence-corrected chi connectivity index (χ0v) is 10.9. The fourth-order valence-corrected chi connectivity index (χ4v) is 2.52. The van der Waals surface area contributed by atoms with Gasteiger partial charge in [-0.25, -0.2) is 4.98 Å². The van der Waals surface area contributed by atoms with Gasteiger partial charge >= 0.3 is 0 Å². The molecule has 2 atom stereocenters. The minimum Gasteiger partial charge on any atom is -0.383 e. The smallest absolute Gasteiger partial charge is 0.203 e. The lowest BCUT2D eigenvalue weighted by molar-refractivity contribution is 0.187. The molecule has 1 saturated carbocycles. The van der Waals surface area contributed by atoms with Gasteiger partial charge in [0.2, 0.25) is 5.95 Å². The summed E-state index contributed by atoms with van der Waals surface area (Å²) in [5.74, 6) is 1.73. The van der Waals surface area contributed by atoms with Crippen molar-refractivity contribution in [1.82, 2.24) is 9.55 Å². The maximum absolute atomic E-state index is 5.10. The molecule has 0 aliphatic heterocycles. The number of hydrogen-bond donors (Lipinski definition) is 1. The average Bonchev–Trinajstić information content (AvgIpc) is 2.77. The molecule has 17 heavy (non-hydrogen) atoms. The Morgan fingerprint density at radius 1 is 1.47 bits per heavy atom. The topological polar surface area (TPSA) is 39.1 Å². The van der Waals surface area contributed by atoms with Gasteiger partial charge in [-0.3, -0.25) is 0 Å². The van der Waals surface area contributed by atoms with Crippen molar-refractivity contribution in [3.05, 3.63) is 12.4 Å². The molecule has 2 unspecified atom stereocenters. The highest BCUT2D eigenvalue weighted by Crippen LogP contribution is 2.26. The van der Waals surface area contributed by atoms with Crippen molar-refractivity contribution in [3.8, 4) is 0 Å². The molecule has 96 valence electrons. The monoisotopic (exact) mass is 237 g/mol. The van der Waals surface area contributed by atoms with Crippen molar-refractivity contribution in [2.75, 3.05) is 19.0 Å². The van der Waals surface area contributed by atoms with Crippen molar-refractivity contribution >= 4 is 5.95 Å². The summed E-state index contributed by atoms with van der Waals surface area (Å²) >= 11 is 0. The summed E-state index contributed by atoms with van der Waals surface area (Å²) in [5, 5.41) is 3.58. The van der Waals surface area contributed by atoms with E-state index in [4.69, 9.17) is 4.74 Å². The summed E-state index contributed by atoms with van der Waals surface area (Å²) in [6.45, 7) is 3.92. The first-order valence-corrected chi connectivity index (χ1v) is 6.58. The molecule has 1 aliphatic rings. The first-order valence-electron chi connectivity index (χ1n) is 6.58. The van der Waals surface area contributed by atoms with Gasteiger partial charge < -0.3 is 14.6 Å². The van der Waals surface area contributed by atoms with E-state index in [1.54, 1.807) is 7.11 Å². The third kappa shape index (κ3) is 3.22. The van der Waals surface area contributed by atoms with Gasteiger partial charge in [0.25, 0.3) is 0 Å². The minimum atomic E-state index is 0.576. The number of imidazole rings is 1. The standard InChI is InChI=1S/C13H23N3O/c1-11-5-3-4-6-12(11)15-13-14-7-8-16(13)9-10-17-2/h7-8,11-12H,3-6,9-10H2,1-2H3,(H,14,15). The summed E-state index contributed by atoms with van der Waals surface area (Å²) in [7, 11) is 1.73. The van der Waals surface area contributed by atoms with Crippen molar-refractivity contribution in [2.24, 2.45) is 5.92 Å². The molecule has 0 radical (unpaired) electrons. The Morgan fingerprint density at radius 3 is 3.06 bits per heavy atom. The van der Waals surface area contributed by atoms with Crippen molar-refractivity contribution in [2.45, 2.75) is 45.2 Å². The second-order valence-corrected chi connectivity index (χ2v) is 4.95. The molecule has 4 nitrogen and oxygen atoms in total. The fraction of sp³-hybridized carbons (Fsp3) is 0.769. The van der Waals surface area contributed by atoms with Gasteiger partial charge in [-0.15, -0.1) is 0 Å². The van der Waals surface area contributed by atoms with E-state index >= 15 is 0 Å². The van der Waals surface area contributed by atoms with Gasteiger partial charge in [0.15, 0.2) is 0 Å². The number of nitrogens with one attached hydrogen (secondary N) is 1. The molecular weight excluding hydrogens is 214 g/mol. The van der Waals surface area contributed by atoms with E-state index in [0.717, 1.165) is 25.0 Å². The molecule has 0 saturated heterocycles. The summed E-state index contributed by atoms with van der Waals surface area (Å²) in [6.07, 6.45) is 9.16. The number of aromatic nitrogens is 2. The molecule has 0 amide bonds. The number of methoxy groups -OCH3 is 1. The summed E-state index contributed by atoms with van der Waals surface area (Å²) in [6, 6.07) is 0.576. The van der Waals surface area contributed by atoms with Crippen molar-refractivity contribution < 1.29 is 4.74 Å². The average molecular weight is 237 g/mol. The van der Waals surface area contributed by atoms with Gasteiger partial charge in [-0.1, -0.05) is 19.8 Å². The minimum absolute atomic E-state index is 0.576. The van der Waals surface area contributed by atoms with Crippen LogP contribution in [0.4, 0.5) is 5.95 Å². The Bertz CT molecular complexity index is 337. The molecule has 0 aromatic carbocycles. The van der Waals surface area contributed by atoms with E-state index in [1.165, 1.54) is 25.7 Å². The number of hydrogen-bond acceptors (Lipinski definition) is 3. The van der Waals surface area contributed by atoms with Crippen LogP contribution in [0.1, 0.15) is 32.6 Å².